The van der Waals surface area contributed by atoms with Gasteiger partial charge in [0.1, 0.15) is 17.3 Å². The molecule has 5 rings (SSSR count). The predicted octanol–water partition coefficient (Wildman–Crippen LogP) is 2.90. The molecule has 1 saturated heterocycles. The van der Waals surface area contributed by atoms with Crippen molar-refractivity contribution in [3.8, 4) is 11.6 Å². The number of amides is 2. The van der Waals surface area contributed by atoms with Gasteiger partial charge < -0.3 is 14.5 Å². The second-order valence-corrected chi connectivity index (χ2v) is 9.08. The van der Waals surface area contributed by atoms with Crippen LogP contribution in [0.1, 0.15) is 36.0 Å². The van der Waals surface area contributed by atoms with E-state index < -0.39 is 11.7 Å². The van der Waals surface area contributed by atoms with Gasteiger partial charge in [-0.05, 0) is 43.2 Å². The maximum Gasteiger partial charge on any atom is 0.272 e. The van der Waals surface area contributed by atoms with Crippen LogP contribution in [0.2, 0.25) is 0 Å². The van der Waals surface area contributed by atoms with Gasteiger partial charge in [0.15, 0.2) is 0 Å². The summed E-state index contributed by atoms with van der Waals surface area (Å²) in [5.74, 6) is -0.764. The van der Waals surface area contributed by atoms with E-state index in [9.17, 15) is 23.6 Å². The topological polar surface area (TPSA) is 113 Å². The molecule has 0 radical (unpaired) electrons. The SMILES string of the molecule is O=C1CCC(C(=O)N2CCN(C(=O)c3cc(Oc4n[nH]c(=O)c5ccccc45)ccc3F)CC2)CC1. The molecule has 2 aliphatic rings. The van der Waals surface area contributed by atoms with Crippen LogP contribution >= 0.6 is 0 Å². The summed E-state index contributed by atoms with van der Waals surface area (Å²) in [6.45, 7) is 1.29. The van der Waals surface area contributed by atoms with Crippen molar-refractivity contribution in [2.24, 2.45) is 5.92 Å². The van der Waals surface area contributed by atoms with Crippen molar-refractivity contribution in [2.75, 3.05) is 26.2 Å². The number of carbonyl (C=O) groups excluding carboxylic acids is 3. The van der Waals surface area contributed by atoms with Gasteiger partial charge in [-0.3, -0.25) is 19.2 Å². The summed E-state index contributed by atoms with van der Waals surface area (Å²) in [5, 5.41) is 7.21. The molecule has 3 aromatic rings. The maximum absolute atomic E-state index is 14.6. The molecule has 0 atom stereocenters. The number of nitrogens with one attached hydrogen (secondary N) is 1. The molecule has 36 heavy (non-hydrogen) atoms. The monoisotopic (exact) mass is 492 g/mol. The summed E-state index contributed by atoms with van der Waals surface area (Å²) in [6, 6.07) is 10.7. The third kappa shape index (κ3) is 4.71. The molecule has 0 unspecified atom stereocenters. The van der Waals surface area contributed by atoms with Gasteiger partial charge in [-0.1, -0.05) is 12.1 Å². The van der Waals surface area contributed by atoms with E-state index in [0.29, 0.717) is 49.5 Å². The van der Waals surface area contributed by atoms with E-state index in [1.54, 1.807) is 29.2 Å². The van der Waals surface area contributed by atoms with Crippen molar-refractivity contribution in [2.45, 2.75) is 25.7 Å². The summed E-state index contributed by atoms with van der Waals surface area (Å²) in [7, 11) is 0. The Morgan fingerprint density at radius 1 is 0.944 bits per heavy atom. The quantitative estimate of drug-likeness (QED) is 0.599. The number of carbonyl (C=O) groups is 3. The van der Waals surface area contributed by atoms with Crippen LogP contribution in [0.3, 0.4) is 0 Å². The Bertz CT molecular complexity index is 1390. The number of piperazine rings is 1. The van der Waals surface area contributed by atoms with Crippen molar-refractivity contribution in [3.63, 3.8) is 0 Å². The molecule has 0 spiro atoms. The molecule has 0 bridgehead atoms. The van der Waals surface area contributed by atoms with Crippen LogP contribution in [0, 0.1) is 11.7 Å². The largest absolute Gasteiger partial charge is 0.437 e. The number of Topliss-reactive ketones (excluding diaryl/α,β-unsaturated/α-hetero) is 1. The Morgan fingerprint density at radius 2 is 1.61 bits per heavy atom. The lowest BCUT2D eigenvalue weighted by atomic mass is 9.87. The van der Waals surface area contributed by atoms with Gasteiger partial charge in [0.05, 0.1) is 16.3 Å². The molecule has 2 aromatic carbocycles. The van der Waals surface area contributed by atoms with E-state index in [1.165, 1.54) is 17.0 Å². The number of hydrogen-bond donors (Lipinski definition) is 1. The Morgan fingerprint density at radius 3 is 2.33 bits per heavy atom. The third-order valence-corrected chi connectivity index (χ3v) is 6.81. The van der Waals surface area contributed by atoms with Gasteiger partial charge in [-0.15, -0.1) is 5.10 Å². The highest BCUT2D eigenvalue weighted by molar-refractivity contribution is 5.95. The van der Waals surface area contributed by atoms with Crippen LogP contribution in [0.5, 0.6) is 11.6 Å². The predicted molar refractivity (Wildman–Crippen MR) is 128 cm³/mol. The Hall–Kier alpha value is -4.08. The van der Waals surface area contributed by atoms with E-state index in [-0.39, 0.29) is 53.5 Å². The summed E-state index contributed by atoms with van der Waals surface area (Å²) >= 11 is 0. The molecule has 2 heterocycles. The fourth-order valence-electron chi connectivity index (χ4n) is 4.76. The number of hydrogen-bond acceptors (Lipinski definition) is 6. The number of ketones is 1. The van der Waals surface area contributed by atoms with Crippen LogP contribution < -0.4 is 10.3 Å². The number of benzene rings is 2. The zero-order valence-electron chi connectivity index (χ0n) is 19.5. The molecule has 1 aliphatic carbocycles. The van der Waals surface area contributed by atoms with Crippen LogP contribution in [0.15, 0.2) is 47.3 Å². The van der Waals surface area contributed by atoms with Gasteiger partial charge in [0.2, 0.25) is 11.8 Å². The standard InChI is InChI=1S/C26H25FN4O5/c27-22-10-9-18(36-24-20-4-2-1-3-19(20)23(33)28-29-24)15-21(22)26(35)31-13-11-30(12-14-31)25(34)16-5-7-17(32)8-6-16/h1-4,9-10,15-16H,5-8,11-14H2,(H,28,33). The highest BCUT2D eigenvalue weighted by Gasteiger charge is 2.32. The van der Waals surface area contributed by atoms with E-state index in [1.807, 2.05) is 0 Å². The number of fused-ring (bicyclic) bond motifs is 1. The molecule has 9 nitrogen and oxygen atoms in total. The molecular weight excluding hydrogens is 467 g/mol. The number of H-pyrrole nitrogens is 1. The average molecular weight is 493 g/mol. The second-order valence-electron chi connectivity index (χ2n) is 9.08. The van der Waals surface area contributed by atoms with Crippen LogP contribution in [0.25, 0.3) is 10.8 Å². The van der Waals surface area contributed by atoms with Gasteiger partial charge in [-0.2, -0.15) is 0 Å². The number of nitrogens with zero attached hydrogens (tertiary/aromatic N) is 3. The fraction of sp³-hybridized carbons (Fsp3) is 0.346. The zero-order chi connectivity index (χ0) is 25.2. The molecular formula is C26H25FN4O5. The number of halogens is 1. The minimum absolute atomic E-state index is 0.0248. The molecule has 1 aromatic heterocycles. The van der Waals surface area contributed by atoms with Crippen molar-refractivity contribution in [3.05, 3.63) is 64.2 Å². The molecule has 1 aliphatic heterocycles. The van der Waals surface area contributed by atoms with Crippen molar-refractivity contribution in [1.82, 2.24) is 20.0 Å². The summed E-state index contributed by atoms with van der Waals surface area (Å²) < 4.78 is 20.4. The van der Waals surface area contributed by atoms with Crippen molar-refractivity contribution in [1.29, 1.82) is 0 Å². The summed E-state index contributed by atoms with van der Waals surface area (Å²) in [6.07, 6.45) is 2.04. The van der Waals surface area contributed by atoms with Crippen LogP contribution in [-0.4, -0.2) is 63.8 Å². The second kappa shape index (κ2) is 9.88. The molecule has 2 fully saturated rings. The molecule has 1 N–H and O–H groups in total. The molecule has 10 heteroatoms. The van der Waals surface area contributed by atoms with E-state index in [0.717, 1.165) is 6.07 Å². The van der Waals surface area contributed by atoms with E-state index in [2.05, 4.69) is 10.2 Å². The minimum atomic E-state index is -0.683. The highest BCUT2D eigenvalue weighted by atomic mass is 19.1. The van der Waals surface area contributed by atoms with Gasteiger partial charge >= 0.3 is 0 Å². The highest BCUT2D eigenvalue weighted by Crippen LogP contribution is 2.28. The third-order valence-electron chi connectivity index (χ3n) is 6.81. The number of rotatable bonds is 4. The Kier molecular flexibility index (Phi) is 6.49. The number of aromatic amines is 1. The van der Waals surface area contributed by atoms with Crippen LogP contribution in [-0.2, 0) is 9.59 Å². The maximum atomic E-state index is 14.6. The minimum Gasteiger partial charge on any atom is -0.437 e. The summed E-state index contributed by atoms with van der Waals surface area (Å²) in [4.78, 5) is 52.6. The molecule has 186 valence electrons. The Balaban J connectivity index is 1.27. The number of aromatic nitrogens is 2. The smallest absolute Gasteiger partial charge is 0.272 e. The zero-order valence-corrected chi connectivity index (χ0v) is 19.5. The van der Waals surface area contributed by atoms with Crippen LogP contribution in [0.4, 0.5) is 4.39 Å². The fourth-order valence-corrected chi connectivity index (χ4v) is 4.76. The first-order chi connectivity index (χ1) is 17.4. The molecule has 2 amide bonds. The number of ether oxygens (including phenoxy) is 1. The normalized spacial score (nSPS) is 16.9. The van der Waals surface area contributed by atoms with E-state index >= 15 is 0 Å². The summed E-state index contributed by atoms with van der Waals surface area (Å²) in [5.41, 5.74) is -0.505. The average Bonchev–Trinajstić information content (AvgIpc) is 2.91. The lowest BCUT2D eigenvalue weighted by Gasteiger charge is -2.37. The first kappa shape index (κ1) is 23.7. The first-order valence-electron chi connectivity index (χ1n) is 12.0. The Labute approximate surface area is 205 Å². The van der Waals surface area contributed by atoms with E-state index in [4.69, 9.17) is 4.74 Å². The lowest BCUT2D eigenvalue weighted by Crippen LogP contribution is -2.52. The van der Waals surface area contributed by atoms with Gasteiger partial charge in [0.25, 0.3) is 11.5 Å². The lowest BCUT2D eigenvalue weighted by molar-refractivity contribution is -0.139. The first-order valence-corrected chi connectivity index (χ1v) is 12.0. The van der Waals surface area contributed by atoms with Crippen molar-refractivity contribution < 1.29 is 23.5 Å². The molecule has 1 saturated carbocycles. The van der Waals surface area contributed by atoms with Gasteiger partial charge in [-0.25, -0.2) is 9.49 Å². The van der Waals surface area contributed by atoms with Gasteiger partial charge in [0, 0.05) is 44.9 Å². The van der Waals surface area contributed by atoms with Crippen molar-refractivity contribution >= 4 is 28.4 Å².